The van der Waals surface area contributed by atoms with Crippen LogP contribution in [0.5, 0.6) is 5.75 Å². The molecule has 1 atom stereocenters. The van der Waals surface area contributed by atoms with E-state index in [0.29, 0.717) is 23.3 Å². The normalized spacial score (nSPS) is 21.8. The van der Waals surface area contributed by atoms with E-state index in [-0.39, 0.29) is 5.78 Å². The predicted molar refractivity (Wildman–Crippen MR) is 107 cm³/mol. The number of carbonyl (C=O) groups excluding carboxylic acids is 1. The molecule has 2 aliphatic heterocycles. The topological polar surface area (TPSA) is 66.8 Å². The fourth-order valence-corrected chi connectivity index (χ4v) is 4.06. The summed E-state index contributed by atoms with van der Waals surface area (Å²) in [7, 11) is 0. The van der Waals surface area contributed by atoms with Gasteiger partial charge in [-0.05, 0) is 35.8 Å². The maximum absolute atomic E-state index is 12.8. The third-order valence-corrected chi connectivity index (χ3v) is 5.49. The number of benzene rings is 2. The van der Waals surface area contributed by atoms with Crippen LogP contribution in [0.3, 0.4) is 0 Å². The summed E-state index contributed by atoms with van der Waals surface area (Å²) in [5.74, 6) is -0.342. The first-order valence-electron chi connectivity index (χ1n) is 9.57. The lowest BCUT2D eigenvalue weighted by molar-refractivity contribution is -0.131. The molecule has 0 aromatic heterocycles. The van der Waals surface area contributed by atoms with Crippen molar-refractivity contribution in [3.63, 3.8) is 0 Å². The van der Waals surface area contributed by atoms with Gasteiger partial charge in [-0.25, -0.2) is 4.79 Å². The molecule has 2 heterocycles. The SMILES string of the molecule is O=C(O)/C=C/c1ccc2c(c1)C(=O)CC1(CCN(CCc3ccccc3)C1)O2. The van der Waals surface area contributed by atoms with Crippen LogP contribution in [0.15, 0.2) is 54.6 Å². The van der Waals surface area contributed by atoms with Crippen LogP contribution < -0.4 is 4.74 Å². The van der Waals surface area contributed by atoms with E-state index >= 15 is 0 Å². The predicted octanol–water partition coefficient (Wildman–Crippen LogP) is 3.44. The Kier molecular flexibility index (Phi) is 5.01. The van der Waals surface area contributed by atoms with Crippen LogP contribution in [0.1, 0.15) is 34.3 Å². The smallest absolute Gasteiger partial charge is 0.328 e. The van der Waals surface area contributed by atoms with Gasteiger partial charge in [0.15, 0.2) is 5.78 Å². The molecule has 2 aromatic carbocycles. The van der Waals surface area contributed by atoms with Crippen molar-refractivity contribution in [1.82, 2.24) is 4.90 Å². The zero-order chi connectivity index (χ0) is 19.6. The Labute approximate surface area is 164 Å². The number of carboxylic acid groups (broad SMARTS) is 1. The number of hydrogen-bond donors (Lipinski definition) is 1. The first kappa shape index (κ1) is 18.4. The van der Waals surface area contributed by atoms with E-state index in [0.717, 1.165) is 38.6 Å². The molecule has 0 radical (unpaired) electrons. The second-order valence-corrected chi connectivity index (χ2v) is 7.57. The molecule has 1 fully saturated rings. The molecule has 0 bridgehead atoms. The third-order valence-electron chi connectivity index (χ3n) is 5.49. The highest BCUT2D eigenvalue weighted by atomic mass is 16.5. The first-order valence-corrected chi connectivity index (χ1v) is 9.57. The van der Waals surface area contributed by atoms with Gasteiger partial charge in [-0.15, -0.1) is 0 Å². The van der Waals surface area contributed by atoms with E-state index in [2.05, 4.69) is 29.2 Å². The number of ether oxygens (including phenoxy) is 1. The lowest BCUT2D eigenvalue weighted by Gasteiger charge is -2.35. The zero-order valence-corrected chi connectivity index (χ0v) is 15.6. The second kappa shape index (κ2) is 7.60. The van der Waals surface area contributed by atoms with Crippen LogP contribution in [-0.2, 0) is 11.2 Å². The highest BCUT2D eigenvalue weighted by Crippen LogP contribution is 2.39. The van der Waals surface area contributed by atoms with E-state index in [1.165, 1.54) is 11.6 Å². The van der Waals surface area contributed by atoms with Crippen LogP contribution in [0.4, 0.5) is 0 Å². The standard InChI is InChI=1S/C23H23NO4/c25-20-15-23(11-13-24(16-23)12-10-17-4-2-1-3-5-17)28-21-8-6-18(14-19(20)21)7-9-22(26)27/h1-9,14H,10-13,15-16H2,(H,26,27)/b9-7+. The van der Waals surface area contributed by atoms with Crippen molar-refractivity contribution >= 4 is 17.8 Å². The van der Waals surface area contributed by atoms with Crippen LogP contribution in [0, 0.1) is 0 Å². The highest BCUT2D eigenvalue weighted by molar-refractivity contribution is 6.01. The average molecular weight is 377 g/mol. The van der Waals surface area contributed by atoms with Crippen LogP contribution in [-0.4, -0.2) is 47.0 Å². The first-order chi connectivity index (χ1) is 13.5. The number of fused-ring (bicyclic) bond motifs is 1. The molecular formula is C23H23NO4. The Morgan fingerprint density at radius 3 is 2.82 bits per heavy atom. The molecule has 144 valence electrons. The molecule has 28 heavy (non-hydrogen) atoms. The Hall–Kier alpha value is -2.92. The van der Waals surface area contributed by atoms with Gasteiger partial charge in [0.2, 0.25) is 0 Å². The second-order valence-electron chi connectivity index (χ2n) is 7.57. The van der Waals surface area contributed by atoms with Crippen LogP contribution in [0.2, 0.25) is 0 Å². The summed E-state index contributed by atoms with van der Waals surface area (Å²) in [4.78, 5) is 25.8. The molecule has 5 heteroatoms. The van der Waals surface area contributed by atoms with Gasteiger partial charge < -0.3 is 9.84 Å². The maximum Gasteiger partial charge on any atom is 0.328 e. The summed E-state index contributed by atoms with van der Waals surface area (Å²) in [5, 5.41) is 8.76. The van der Waals surface area contributed by atoms with E-state index in [1.807, 2.05) is 6.07 Å². The zero-order valence-electron chi connectivity index (χ0n) is 15.6. The molecule has 1 N–H and O–H groups in total. The molecule has 2 aromatic rings. The fourth-order valence-electron chi connectivity index (χ4n) is 4.06. The van der Waals surface area contributed by atoms with Crippen molar-refractivity contribution in [2.75, 3.05) is 19.6 Å². The monoisotopic (exact) mass is 377 g/mol. The van der Waals surface area contributed by atoms with Gasteiger partial charge in [0, 0.05) is 32.1 Å². The molecule has 1 unspecified atom stereocenters. The lowest BCUT2D eigenvalue weighted by Crippen LogP contribution is -2.44. The third kappa shape index (κ3) is 3.99. The van der Waals surface area contributed by atoms with Crippen molar-refractivity contribution in [2.45, 2.75) is 24.9 Å². The van der Waals surface area contributed by atoms with Crippen molar-refractivity contribution in [1.29, 1.82) is 0 Å². The molecule has 0 saturated carbocycles. The number of likely N-dealkylation sites (tertiary alicyclic amines) is 1. The Morgan fingerprint density at radius 2 is 2.04 bits per heavy atom. The van der Waals surface area contributed by atoms with E-state index < -0.39 is 11.6 Å². The number of carbonyl (C=O) groups is 2. The number of carboxylic acids is 1. The summed E-state index contributed by atoms with van der Waals surface area (Å²) in [5.41, 5.74) is 2.10. The Morgan fingerprint density at radius 1 is 1.21 bits per heavy atom. The van der Waals surface area contributed by atoms with E-state index in [9.17, 15) is 9.59 Å². The van der Waals surface area contributed by atoms with Crippen molar-refractivity contribution in [3.8, 4) is 5.75 Å². The molecular weight excluding hydrogens is 354 g/mol. The van der Waals surface area contributed by atoms with Crippen LogP contribution in [0.25, 0.3) is 6.08 Å². The Bertz CT molecular complexity index is 921. The molecule has 2 aliphatic rings. The van der Waals surface area contributed by atoms with E-state index in [4.69, 9.17) is 9.84 Å². The largest absolute Gasteiger partial charge is 0.485 e. The van der Waals surface area contributed by atoms with Gasteiger partial charge >= 0.3 is 5.97 Å². The molecule has 1 spiro atoms. The molecule has 1 saturated heterocycles. The van der Waals surface area contributed by atoms with Gasteiger partial charge in [-0.1, -0.05) is 36.4 Å². The molecule has 4 rings (SSSR count). The van der Waals surface area contributed by atoms with Gasteiger partial charge in [0.1, 0.15) is 11.4 Å². The minimum absolute atomic E-state index is 0.0664. The summed E-state index contributed by atoms with van der Waals surface area (Å²) in [6.07, 6.45) is 4.75. The number of aliphatic carboxylic acids is 1. The number of hydrogen-bond acceptors (Lipinski definition) is 4. The number of rotatable bonds is 5. The summed E-state index contributed by atoms with van der Waals surface area (Å²) in [6.45, 7) is 2.63. The van der Waals surface area contributed by atoms with Crippen molar-refractivity contribution in [3.05, 3.63) is 71.3 Å². The summed E-state index contributed by atoms with van der Waals surface area (Å²) < 4.78 is 6.31. The molecule has 0 aliphatic carbocycles. The van der Waals surface area contributed by atoms with Crippen LogP contribution >= 0.6 is 0 Å². The summed E-state index contributed by atoms with van der Waals surface area (Å²) >= 11 is 0. The number of nitrogens with zero attached hydrogens (tertiary/aromatic N) is 1. The fraction of sp³-hybridized carbons (Fsp3) is 0.304. The summed E-state index contributed by atoms with van der Waals surface area (Å²) in [6, 6.07) is 15.7. The average Bonchev–Trinajstić information content (AvgIpc) is 3.07. The van der Waals surface area contributed by atoms with Gasteiger partial charge in [0.25, 0.3) is 0 Å². The minimum atomic E-state index is -1.01. The number of ketones is 1. The molecule has 5 nitrogen and oxygen atoms in total. The van der Waals surface area contributed by atoms with Gasteiger partial charge in [-0.2, -0.15) is 0 Å². The highest BCUT2D eigenvalue weighted by Gasteiger charge is 2.45. The van der Waals surface area contributed by atoms with Gasteiger partial charge in [-0.3, -0.25) is 9.69 Å². The number of Topliss-reactive ketones (excluding diaryl/α,β-unsaturated/α-hetero) is 1. The molecule has 0 amide bonds. The van der Waals surface area contributed by atoms with Crippen molar-refractivity contribution < 1.29 is 19.4 Å². The van der Waals surface area contributed by atoms with E-state index in [1.54, 1.807) is 18.2 Å². The maximum atomic E-state index is 12.8. The van der Waals surface area contributed by atoms with Crippen molar-refractivity contribution in [2.24, 2.45) is 0 Å². The van der Waals surface area contributed by atoms with Gasteiger partial charge in [0.05, 0.1) is 12.0 Å². The Balaban J connectivity index is 1.44. The quantitative estimate of drug-likeness (QED) is 0.809. The lowest BCUT2D eigenvalue weighted by atomic mass is 9.88. The minimum Gasteiger partial charge on any atom is -0.485 e.